The standard InChI is InChI=1S/C13H18OSi/c1-12(15-10-6-5-9-14-15)11-13-7-3-2-4-8-13/h2-4,7-8,15H,1,5-6,9-11H2. The molecule has 1 fully saturated rings. The Bertz CT molecular complexity index is 315. The van der Waals surface area contributed by atoms with E-state index in [1.165, 1.54) is 29.6 Å². The number of rotatable bonds is 3. The first-order valence-electron chi connectivity index (χ1n) is 5.69. The summed E-state index contributed by atoms with van der Waals surface area (Å²) in [5.74, 6) is 0. The SMILES string of the molecule is C=C(Cc1ccccc1)[SiH]1CCCCO1. The van der Waals surface area contributed by atoms with Crippen LogP contribution in [0, 0.1) is 0 Å². The molecule has 2 heteroatoms. The normalized spacial score (nSPS) is 21.2. The van der Waals surface area contributed by atoms with Gasteiger partial charge in [0.05, 0.1) is 0 Å². The summed E-state index contributed by atoms with van der Waals surface area (Å²) in [6.07, 6.45) is 3.59. The van der Waals surface area contributed by atoms with E-state index in [0.29, 0.717) is 0 Å². The third kappa shape index (κ3) is 3.04. The second-order valence-corrected chi connectivity index (χ2v) is 6.88. The van der Waals surface area contributed by atoms with Crippen LogP contribution in [0.3, 0.4) is 0 Å². The second-order valence-electron chi connectivity index (χ2n) is 4.18. The van der Waals surface area contributed by atoms with Crippen molar-refractivity contribution < 1.29 is 4.43 Å². The average Bonchev–Trinajstić information content (AvgIpc) is 2.31. The maximum Gasteiger partial charge on any atom is 0.204 e. The lowest BCUT2D eigenvalue weighted by Crippen LogP contribution is -2.26. The lowest BCUT2D eigenvalue weighted by Gasteiger charge is -2.23. The minimum atomic E-state index is -1.08. The van der Waals surface area contributed by atoms with E-state index in [9.17, 15) is 0 Å². The summed E-state index contributed by atoms with van der Waals surface area (Å²) in [5.41, 5.74) is 1.36. The number of hydrogen-bond acceptors (Lipinski definition) is 1. The summed E-state index contributed by atoms with van der Waals surface area (Å²) < 4.78 is 5.85. The number of benzene rings is 1. The highest BCUT2D eigenvalue weighted by Crippen LogP contribution is 2.19. The molecule has 0 aliphatic carbocycles. The molecule has 1 aromatic carbocycles. The predicted molar refractivity (Wildman–Crippen MR) is 66.4 cm³/mol. The Balaban J connectivity index is 1.91. The van der Waals surface area contributed by atoms with Gasteiger partial charge in [-0.25, -0.2) is 0 Å². The first-order valence-corrected chi connectivity index (χ1v) is 7.56. The maximum atomic E-state index is 5.85. The highest BCUT2D eigenvalue weighted by Gasteiger charge is 2.19. The molecular formula is C13H18OSi. The average molecular weight is 218 g/mol. The first-order chi connectivity index (χ1) is 7.36. The van der Waals surface area contributed by atoms with Crippen LogP contribution in [0.15, 0.2) is 42.1 Å². The molecule has 0 N–H and O–H groups in total. The van der Waals surface area contributed by atoms with Gasteiger partial charge in [-0.2, -0.15) is 0 Å². The van der Waals surface area contributed by atoms with Crippen molar-refractivity contribution in [2.45, 2.75) is 25.3 Å². The fraction of sp³-hybridized carbons (Fsp3) is 0.385. The third-order valence-electron chi connectivity index (χ3n) is 2.91. The van der Waals surface area contributed by atoms with Gasteiger partial charge in [-0.1, -0.05) is 41.9 Å². The van der Waals surface area contributed by atoms with Gasteiger partial charge in [0.1, 0.15) is 0 Å². The van der Waals surface area contributed by atoms with E-state index < -0.39 is 9.04 Å². The van der Waals surface area contributed by atoms with Crippen LogP contribution in [0.1, 0.15) is 18.4 Å². The van der Waals surface area contributed by atoms with E-state index in [-0.39, 0.29) is 0 Å². The van der Waals surface area contributed by atoms with Gasteiger partial charge in [-0.05, 0) is 24.4 Å². The Hall–Kier alpha value is -0.863. The Kier molecular flexibility index (Phi) is 3.75. The zero-order valence-electron chi connectivity index (χ0n) is 9.11. The molecule has 2 rings (SSSR count). The molecule has 1 saturated heterocycles. The number of allylic oxidation sites excluding steroid dienone is 1. The van der Waals surface area contributed by atoms with Gasteiger partial charge < -0.3 is 4.43 Å². The minimum absolute atomic E-state index is 0.963. The van der Waals surface area contributed by atoms with Gasteiger partial charge >= 0.3 is 0 Å². The van der Waals surface area contributed by atoms with Gasteiger partial charge in [-0.3, -0.25) is 0 Å². The molecule has 0 bridgehead atoms. The Morgan fingerprint density at radius 2 is 2.07 bits per heavy atom. The molecule has 0 spiro atoms. The van der Waals surface area contributed by atoms with Crippen molar-refractivity contribution in [1.29, 1.82) is 0 Å². The van der Waals surface area contributed by atoms with Crippen LogP contribution in [-0.4, -0.2) is 15.6 Å². The van der Waals surface area contributed by atoms with Crippen molar-refractivity contribution in [2.75, 3.05) is 6.61 Å². The summed E-state index contributed by atoms with van der Waals surface area (Å²) >= 11 is 0. The molecule has 0 saturated carbocycles. The molecule has 0 radical (unpaired) electrons. The predicted octanol–water partition coefficient (Wildman–Crippen LogP) is 2.86. The molecule has 80 valence electrons. The van der Waals surface area contributed by atoms with Crippen molar-refractivity contribution in [3.8, 4) is 0 Å². The van der Waals surface area contributed by atoms with E-state index >= 15 is 0 Å². The molecule has 1 aliphatic rings. The van der Waals surface area contributed by atoms with Crippen LogP contribution in [0.5, 0.6) is 0 Å². The van der Waals surface area contributed by atoms with Crippen LogP contribution >= 0.6 is 0 Å². The van der Waals surface area contributed by atoms with Crippen molar-refractivity contribution in [3.05, 3.63) is 47.7 Å². The van der Waals surface area contributed by atoms with Crippen molar-refractivity contribution in [3.63, 3.8) is 0 Å². The summed E-state index contributed by atoms with van der Waals surface area (Å²) in [5, 5.41) is 1.36. The van der Waals surface area contributed by atoms with Crippen molar-refractivity contribution >= 4 is 9.04 Å². The van der Waals surface area contributed by atoms with E-state index in [0.717, 1.165) is 13.0 Å². The van der Waals surface area contributed by atoms with Gasteiger partial charge in [0, 0.05) is 6.61 Å². The molecule has 1 atom stereocenters. The van der Waals surface area contributed by atoms with Gasteiger partial charge in [0.15, 0.2) is 0 Å². The van der Waals surface area contributed by atoms with Crippen LogP contribution < -0.4 is 0 Å². The van der Waals surface area contributed by atoms with Crippen LogP contribution in [0.25, 0.3) is 0 Å². The van der Waals surface area contributed by atoms with Crippen LogP contribution in [0.2, 0.25) is 6.04 Å². The first kappa shape index (κ1) is 10.6. The van der Waals surface area contributed by atoms with E-state index in [4.69, 9.17) is 4.43 Å². The van der Waals surface area contributed by atoms with E-state index in [2.05, 4.69) is 36.9 Å². The molecule has 0 aromatic heterocycles. The Morgan fingerprint density at radius 3 is 2.73 bits per heavy atom. The Labute approximate surface area is 93.5 Å². The summed E-state index contributed by atoms with van der Waals surface area (Å²) in [6.45, 7) is 5.17. The summed E-state index contributed by atoms with van der Waals surface area (Å²) in [4.78, 5) is 0. The zero-order chi connectivity index (χ0) is 10.5. The fourth-order valence-electron chi connectivity index (χ4n) is 2.03. The van der Waals surface area contributed by atoms with E-state index in [1.807, 2.05) is 0 Å². The minimum Gasteiger partial charge on any atom is -0.416 e. The highest BCUT2D eigenvalue weighted by atomic mass is 28.3. The van der Waals surface area contributed by atoms with Crippen LogP contribution in [-0.2, 0) is 10.8 Å². The molecule has 1 nitrogen and oxygen atoms in total. The number of hydrogen-bond donors (Lipinski definition) is 0. The molecule has 1 heterocycles. The maximum absolute atomic E-state index is 5.85. The van der Waals surface area contributed by atoms with E-state index in [1.54, 1.807) is 0 Å². The lowest BCUT2D eigenvalue weighted by atomic mass is 10.1. The van der Waals surface area contributed by atoms with Crippen LogP contribution in [0.4, 0.5) is 0 Å². The Morgan fingerprint density at radius 1 is 1.27 bits per heavy atom. The third-order valence-corrected chi connectivity index (χ3v) is 5.59. The zero-order valence-corrected chi connectivity index (χ0v) is 10.3. The molecule has 1 unspecified atom stereocenters. The smallest absolute Gasteiger partial charge is 0.204 e. The lowest BCUT2D eigenvalue weighted by molar-refractivity contribution is 0.291. The second kappa shape index (κ2) is 5.28. The largest absolute Gasteiger partial charge is 0.416 e. The van der Waals surface area contributed by atoms with Gasteiger partial charge in [0.2, 0.25) is 9.04 Å². The summed E-state index contributed by atoms with van der Waals surface area (Å²) in [6, 6.07) is 11.9. The highest BCUT2D eigenvalue weighted by molar-refractivity contribution is 6.60. The molecule has 15 heavy (non-hydrogen) atoms. The molecule has 0 amide bonds. The van der Waals surface area contributed by atoms with Crippen molar-refractivity contribution in [1.82, 2.24) is 0 Å². The van der Waals surface area contributed by atoms with Crippen molar-refractivity contribution in [2.24, 2.45) is 0 Å². The molecule has 1 aliphatic heterocycles. The fourth-order valence-corrected chi connectivity index (χ4v) is 4.42. The molecule has 1 aromatic rings. The van der Waals surface area contributed by atoms with Gasteiger partial charge in [-0.15, -0.1) is 6.58 Å². The molecular weight excluding hydrogens is 200 g/mol. The monoisotopic (exact) mass is 218 g/mol. The quantitative estimate of drug-likeness (QED) is 0.709. The van der Waals surface area contributed by atoms with Gasteiger partial charge in [0.25, 0.3) is 0 Å². The topological polar surface area (TPSA) is 9.23 Å². The summed E-state index contributed by atoms with van der Waals surface area (Å²) in [7, 11) is -1.08.